The SMILES string of the molecule is C=C(C)[C@H](NC(=O)[C@H](CC(C)C)N(C)C(=O)CN(C)C(=O)[C@H](CC)NC(=O)C([C@H](O)[C@H](C)C/C=C/C)N(C)C(=O)[C@H](C(C)C)N(C)COC)C(=O)N(C)[C@@H](CC(C)C)C(=O)N[C@@H](C)C(=O)N[C@H](C)C(=O)N(C)[C@@H](CC(C)C)C(=O)NC. The smallest absolute Gasteiger partial charge is 0.249 e. The maximum Gasteiger partial charge on any atom is 0.249 e. The summed E-state index contributed by atoms with van der Waals surface area (Å²) >= 11 is 0. The fraction of sp³-hybridized carbons (Fsp3) is 0.759. The van der Waals surface area contributed by atoms with Crippen molar-refractivity contribution in [3.05, 3.63) is 24.3 Å². The minimum Gasteiger partial charge on any atom is -0.390 e. The van der Waals surface area contributed by atoms with Crippen LogP contribution < -0.4 is 26.6 Å². The van der Waals surface area contributed by atoms with Crippen LogP contribution in [0.15, 0.2) is 24.3 Å². The third-order valence-electron chi connectivity index (χ3n) is 14.4. The first-order chi connectivity index (χ1) is 37.5. The van der Waals surface area contributed by atoms with Gasteiger partial charge in [-0.25, -0.2) is 0 Å². The first kappa shape index (κ1) is 75.1. The summed E-state index contributed by atoms with van der Waals surface area (Å²) in [6.45, 7) is 28.2. The molecule has 6 N–H and O–H groups in total. The van der Waals surface area contributed by atoms with Crippen molar-refractivity contribution in [2.24, 2.45) is 29.6 Å². The predicted octanol–water partition coefficient (Wildman–Crippen LogP) is 2.13. The van der Waals surface area contributed by atoms with Crippen molar-refractivity contribution in [3.63, 3.8) is 0 Å². The Balaban J connectivity index is 6.58. The molecule has 0 saturated carbocycles. The van der Waals surface area contributed by atoms with Crippen molar-refractivity contribution in [2.75, 3.05) is 69.7 Å². The number of hydrogen-bond acceptors (Lipinski definition) is 13. The van der Waals surface area contributed by atoms with Crippen LogP contribution in [0.1, 0.15) is 129 Å². The Hall–Kier alpha value is -5.94. The third-order valence-corrected chi connectivity index (χ3v) is 14.4. The van der Waals surface area contributed by atoms with Crippen LogP contribution in [0.5, 0.6) is 0 Å². The van der Waals surface area contributed by atoms with E-state index in [1.807, 2.05) is 74.5 Å². The Bertz CT molecular complexity index is 2150. The first-order valence-electron chi connectivity index (χ1n) is 28.4. The van der Waals surface area contributed by atoms with E-state index in [0.29, 0.717) is 12.8 Å². The highest BCUT2D eigenvalue weighted by atomic mass is 16.5. The van der Waals surface area contributed by atoms with Gasteiger partial charge >= 0.3 is 0 Å². The van der Waals surface area contributed by atoms with Gasteiger partial charge in [0.15, 0.2) is 0 Å². The highest BCUT2D eigenvalue weighted by Gasteiger charge is 2.42. The maximum atomic E-state index is 14.4. The second-order valence-corrected chi connectivity index (χ2v) is 23.4. The summed E-state index contributed by atoms with van der Waals surface area (Å²) in [4.78, 5) is 147. The molecule has 0 saturated heterocycles. The third kappa shape index (κ3) is 23.1. The average molecular weight is 1150 g/mol. The normalized spacial score (nSPS) is 15.8. The Morgan fingerprint density at radius 2 is 1.05 bits per heavy atom. The van der Waals surface area contributed by atoms with Crippen LogP contribution in [0.3, 0.4) is 0 Å². The summed E-state index contributed by atoms with van der Waals surface area (Å²) in [5.41, 5.74) is 0.221. The van der Waals surface area contributed by atoms with Crippen molar-refractivity contribution in [1.29, 1.82) is 0 Å². The fourth-order valence-corrected chi connectivity index (χ4v) is 9.46. The first-order valence-corrected chi connectivity index (χ1v) is 28.4. The molecule has 0 aliphatic heterocycles. The Labute approximate surface area is 484 Å². The van der Waals surface area contributed by atoms with Crippen molar-refractivity contribution in [2.45, 2.75) is 190 Å². The lowest BCUT2D eigenvalue weighted by Crippen LogP contribution is -2.62. The molecule has 0 heterocycles. The molecular weight excluding hydrogens is 1040 g/mol. The topological polar surface area (TPSA) is 280 Å². The number of carbonyl (C=O) groups is 10. The van der Waals surface area contributed by atoms with Gasteiger partial charge in [0.25, 0.3) is 0 Å². The van der Waals surface area contributed by atoms with E-state index in [4.69, 9.17) is 4.74 Å². The molecule has 1 unspecified atom stereocenters. The molecule has 0 aromatic carbocycles. The molecular formula is C58H105N11O12. The highest BCUT2D eigenvalue weighted by Crippen LogP contribution is 2.22. The van der Waals surface area contributed by atoms with Gasteiger partial charge in [-0.2, -0.15) is 0 Å². The Morgan fingerprint density at radius 1 is 0.580 bits per heavy atom. The summed E-state index contributed by atoms with van der Waals surface area (Å²) in [6.07, 6.45) is 3.49. The van der Waals surface area contributed by atoms with Gasteiger partial charge in [-0.1, -0.05) is 88.0 Å². The zero-order chi connectivity index (χ0) is 63.1. The number of rotatable bonds is 35. The fourth-order valence-electron chi connectivity index (χ4n) is 9.46. The predicted molar refractivity (Wildman–Crippen MR) is 313 cm³/mol. The minimum absolute atomic E-state index is 0.0803. The van der Waals surface area contributed by atoms with Gasteiger partial charge in [-0.15, -0.1) is 0 Å². The summed E-state index contributed by atoms with van der Waals surface area (Å²) in [6, 6.07) is -9.98. The summed E-state index contributed by atoms with van der Waals surface area (Å²) in [7, 11) is 11.8. The molecule has 0 aliphatic rings. The van der Waals surface area contributed by atoms with Crippen molar-refractivity contribution in [3.8, 4) is 0 Å². The Kier molecular flexibility index (Phi) is 33.2. The molecule has 0 radical (unpaired) electrons. The Morgan fingerprint density at radius 3 is 1.49 bits per heavy atom. The molecule has 0 aromatic rings. The summed E-state index contributed by atoms with van der Waals surface area (Å²) in [5.74, 6) is -7.00. The molecule has 0 fully saturated rings. The molecule has 0 rings (SSSR count). The lowest BCUT2D eigenvalue weighted by atomic mass is 9.91. The molecule has 81 heavy (non-hydrogen) atoms. The van der Waals surface area contributed by atoms with Gasteiger partial charge in [0.1, 0.15) is 48.3 Å². The maximum absolute atomic E-state index is 14.4. The number of allylic oxidation sites excluding steroid dienone is 2. The van der Waals surface area contributed by atoms with Gasteiger partial charge in [0, 0.05) is 49.4 Å². The summed E-state index contributed by atoms with van der Waals surface area (Å²) < 4.78 is 5.29. The molecule has 464 valence electrons. The highest BCUT2D eigenvalue weighted by molar-refractivity contribution is 5.98. The van der Waals surface area contributed by atoms with Gasteiger partial charge in [0.05, 0.1) is 25.4 Å². The van der Waals surface area contributed by atoms with E-state index in [1.165, 1.54) is 89.8 Å². The zero-order valence-corrected chi connectivity index (χ0v) is 53.1. The number of hydrogen-bond donors (Lipinski definition) is 6. The lowest BCUT2D eigenvalue weighted by molar-refractivity contribution is -0.151. The van der Waals surface area contributed by atoms with Gasteiger partial charge in [0.2, 0.25) is 59.1 Å². The lowest BCUT2D eigenvalue weighted by Gasteiger charge is -2.39. The number of carbonyl (C=O) groups excluding carboxylic acids is 10. The number of aliphatic hydroxyl groups excluding tert-OH is 1. The number of likely N-dealkylation sites (N-methyl/N-ethyl adjacent to an activating group) is 7. The van der Waals surface area contributed by atoms with Crippen molar-refractivity contribution < 1.29 is 57.8 Å². The van der Waals surface area contributed by atoms with Crippen LogP contribution in [0, 0.1) is 29.6 Å². The van der Waals surface area contributed by atoms with Crippen LogP contribution in [0.2, 0.25) is 0 Å². The monoisotopic (exact) mass is 1150 g/mol. The molecule has 0 spiro atoms. The molecule has 10 amide bonds. The van der Waals surface area contributed by atoms with E-state index in [2.05, 4.69) is 33.2 Å². The van der Waals surface area contributed by atoms with E-state index in [1.54, 1.807) is 25.8 Å². The quantitative estimate of drug-likeness (QED) is 0.0393. The number of nitrogens with zero attached hydrogens (tertiary/aromatic N) is 6. The number of aliphatic hydroxyl groups is 1. The molecule has 11 atom stereocenters. The number of nitrogens with one attached hydrogen (secondary N) is 5. The van der Waals surface area contributed by atoms with Gasteiger partial charge in [-0.05, 0) is 102 Å². The number of amides is 10. The van der Waals surface area contributed by atoms with Crippen LogP contribution in [-0.2, 0) is 52.7 Å². The van der Waals surface area contributed by atoms with E-state index in [9.17, 15) is 53.1 Å². The van der Waals surface area contributed by atoms with E-state index >= 15 is 0 Å². The molecule has 23 nitrogen and oxygen atoms in total. The second kappa shape index (κ2) is 35.8. The molecule has 0 aromatic heterocycles. The molecule has 23 heteroatoms. The number of methoxy groups -OCH3 is 1. The van der Waals surface area contributed by atoms with Crippen molar-refractivity contribution >= 4 is 59.1 Å². The largest absolute Gasteiger partial charge is 0.390 e. The van der Waals surface area contributed by atoms with Crippen LogP contribution in [-0.4, -0.2) is 224 Å². The van der Waals surface area contributed by atoms with Crippen LogP contribution in [0.25, 0.3) is 0 Å². The van der Waals surface area contributed by atoms with Gasteiger partial charge < -0.3 is 60.9 Å². The summed E-state index contributed by atoms with van der Waals surface area (Å²) in [5, 5.41) is 25.1. The van der Waals surface area contributed by atoms with Crippen molar-refractivity contribution in [1.82, 2.24) is 56.0 Å². The van der Waals surface area contributed by atoms with E-state index in [-0.39, 0.29) is 61.1 Å². The van der Waals surface area contributed by atoms with E-state index < -0.39 is 126 Å². The van der Waals surface area contributed by atoms with Crippen LogP contribution >= 0.6 is 0 Å². The zero-order valence-electron chi connectivity index (χ0n) is 53.1. The molecule has 0 bridgehead atoms. The minimum atomic E-state index is -1.41. The van der Waals surface area contributed by atoms with Gasteiger partial charge in [-0.3, -0.25) is 52.8 Å². The second-order valence-electron chi connectivity index (χ2n) is 23.4. The van der Waals surface area contributed by atoms with Crippen LogP contribution in [0.4, 0.5) is 0 Å². The number of ether oxygens (including phenoxy) is 1. The van der Waals surface area contributed by atoms with E-state index in [0.717, 1.165) is 4.90 Å². The molecule has 0 aliphatic carbocycles. The standard InChI is InChI=1S/C58H105N11O12/c1-24-26-27-38(13)49(71)48(69(22)58(80)47(37(11)12)65(18)32-81-23)54(76)62-41(25-2)56(78)64(17)31-45(70)66(19)43(29-34(5)6)53(75)63-46(36(9)10)57(79)68(21)44(30-35(7)8)52(74)60-39(14)50(72)61-40(15)55(77)67(20)42(28-33(3)4)51(73)59-16/h24,26,33-35,37-44,46-49,71H,9,25,27-32H2,1-8,10-23H3,(H,59,73)(H,60,74)(H,61,72)(H,62,76)(H,63,75)/b26-24+/t38-,39+,40-,41+,42+,43+,44+,46+,47+,48?,49-/m1/s1. The average Bonchev–Trinajstić information content (AvgIpc) is 3.38.